The average molecular weight is 546 g/mol. The molecule has 33 heavy (non-hydrogen) atoms. The zero-order chi connectivity index (χ0) is 24.7. The van der Waals surface area contributed by atoms with E-state index in [0.717, 1.165) is 17.3 Å². The van der Waals surface area contributed by atoms with Gasteiger partial charge in [0.1, 0.15) is 11.6 Å². The third kappa shape index (κ3) is 8.14. The number of nitriles is 1. The molecule has 0 radical (unpaired) electrons. The minimum atomic E-state index is -4.53. The summed E-state index contributed by atoms with van der Waals surface area (Å²) < 4.78 is 65.5. The Morgan fingerprint density at radius 2 is 1.73 bits per heavy atom. The number of sulfone groups is 1. The number of hydrogen-bond acceptors (Lipinski definition) is 5. The van der Waals surface area contributed by atoms with Gasteiger partial charge in [-0.15, -0.1) is 0 Å². The van der Waals surface area contributed by atoms with Gasteiger partial charge in [-0.05, 0) is 49.6 Å². The summed E-state index contributed by atoms with van der Waals surface area (Å²) in [6, 6.07) is 12.6. The number of nitrogens with zero attached hydrogens (tertiary/aromatic N) is 1. The second kappa shape index (κ2) is 11.1. The summed E-state index contributed by atoms with van der Waals surface area (Å²) in [5.74, 6) is -0.436. The molecule has 1 aliphatic carbocycles. The van der Waals surface area contributed by atoms with E-state index >= 15 is 0 Å². The molecule has 3 rings (SSSR count). The molecule has 0 spiro atoms. The Hall–Kier alpha value is -2.42. The monoisotopic (exact) mass is 545 g/mol. The zero-order valence-corrected chi connectivity index (χ0v) is 20.0. The Morgan fingerprint density at radius 3 is 2.15 bits per heavy atom. The van der Waals surface area contributed by atoms with Crippen molar-refractivity contribution < 1.29 is 26.4 Å². The maximum absolute atomic E-state index is 13.3. The number of amides is 1. The van der Waals surface area contributed by atoms with Crippen LogP contribution in [0.1, 0.15) is 31.4 Å². The minimum Gasteiger partial charge on any atom is -0.340 e. The summed E-state index contributed by atoms with van der Waals surface area (Å²) in [5.41, 5.74) is -0.426. The molecule has 2 aromatic carbocycles. The molecule has 1 fully saturated rings. The van der Waals surface area contributed by atoms with Gasteiger partial charge in [0.25, 0.3) is 0 Å². The fourth-order valence-electron chi connectivity index (χ4n) is 2.95. The second-order valence-corrected chi connectivity index (χ2v) is 10.6. The lowest BCUT2D eigenvalue weighted by molar-refractivity contribution is -0.159. The highest BCUT2D eigenvalue weighted by atomic mass is 79.9. The molecule has 2 unspecified atom stereocenters. The molecule has 0 saturated heterocycles. The lowest BCUT2D eigenvalue weighted by Gasteiger charge is -2.26. The molecule has 178 valence electrons. The van der Waals surface area contributed by atoms with Crippen molar-refractivity contribution in [3.05, 3.63) is 64.6 Å². The van der Waals surface area contributed by atoms with Crippen LogP contribution >= 0.6 is 15.9 Å². The predicted octanol–water partition coefficient (Wildman–Crippen LogP) is 4.29. The molecule has 0 aromatic heterocycles. The van der Waals surface area contributed by atoms with Crippen LogP contribution in [0.4, 0.5) is 13.2 Å². The number of halogens is 4. The number of carbonyl (C=O) groups is 1. The average Bonchev–Trinajstić information content (AvgIpc) is 3.53. The first-order valence-electron chi connectivity index (χ1n) is 9.91. The maximum atomic E-state index is 13.3. The summed E-state index contributed by atoms with van der Waals surface area (Å²) >= 11 is 3.21. The van der Waals surface area contributed by atoms with Crippen LogP contribution < -0.4 is 10.6 Å². The number of nitrogens with one attached hydrogen (secondary N) is 2. The Kier molecular flexibility index (Phi) is 9.05. The Bertz CT molecular complexity index is 1070. The zero-order valence-electron chi connectivity index (χ0n) is 17.6. The number of benzene rings is 2. The van der Waals surface area contributed by atoms with E-state index in [9.17, 15) is 26.4 Å². The molecule has 1 aliphatic rings. The van der Waals surface area contributed by atoms with Gasteiger partial charge < -0.3 is 5.32 Å². The van der Waals surface area contributed by atoms with E-state index in [1.807, 2.05) is 6.07 Å². The highest BCUT2D eigenvalue weighted by Gasteiger charge is 2.43. The molecule has 2 aromatic rings. The second-order valence-electron chi connectivity index (χ2n) is 7.64. The molecular formula is C22H23BrF3N3O3S. The number of hydrogen-bond donors (Lipinski definition) is 2. The molecule has 0 bridgehead atoms. The smallest absolute Gasteiger partial charge is 0.340 e. The van der Waals surface area contributed by atoms with Crippen molar-refractivity contribution >= 4 is 32.2 Å². The van der Waals surface area contributed by atoms with Crippen molar-refractivity contribution in [2.24, 2.45) is 0 Å². The largest absolute Gasteiger partial charge is 0.407 e. The van der Waals surface area contributed by atoms with Crippen LogP contribution in [0.25, 0.3) is 0 Å². The molecule has 11 heteroatoms. The van der Waals surface area contributed by atoms with Crippen molar-refractivity contribution in [3.8, 4) is 6.07 Å². The van der Waals surface area contributed by atoms with Crippen LogP contribution in [0.3, 0.4) is 0 Å². The summed E-state index contributed by atoms with van der Waals surface area (Å²) in [4.78, 5) is 9.83. The molecule has 2 N–H and O–H groups in total. The van der Waals surface area contributed by atoms with E-state index in [0.29, 0.717) is 6.41 Å². The third-order valence-corrected chi connectivity index (χ3v) is 7.31. The number of alkyl halides is 3. The number of carbonyl (C=O) groups excluding carboxylic acids is 1. The standard InChI is InChI=1S/C17H17BrF3NO2S.C5H6N2O/c1-12(11-25(23,24)15-9-7-14(18)8-10-15)22-16(17(19,20)21)13-5-3-2-4-6-13;6-3-5(1-2-5)7-4-8/h2-10,12,16,22H,11H2,1H3;4H,1-2H2,(H,7,8). The summed E-state index contributed by atoms with van der Waals surface area (Å²) in [6.45, 7) is 1.43. The van der Waals surface area contributed by atoms with Crippen molar-refractivity contribution in [1.29, 1.82) is 5.26 Å². The van der Waals surface area contributed by atoms with Crippen molar-refractivity contribution in [2.45, 2.75) is 48.5 Å². The minimum absolute atomic E-state index is 0.0443. The highest BCUT2D eigenvalue weighted by Crippen LogP contribution is 2.34. The van der Waals surface area contributed by atoms with Crippen molar-refractivity contribution in [2.75, 3.05) is 5.75 Å². The van der Waals surface area contributed by atoms with Crippen LogP contribution in [-0.4, -0.2) is 38.3 Å². The molecule has 1 saturated carbocycles. The molecular weight excluding hydrogens is 523 g/mol. The van der Waals surface area contributed by atoms with Gasteiger partial charge in [-0.1, -0.05) is 46.3 Å². The van der Waals surface area contributed by atoms with Crippen LogP contribution in [0, 0.1) is 11.3 Å². The van der Waals surface area contributed by atoms with Gasteiger partial charge in [0.05, 0.1) is 16.7 Å². The van der Waals surface area contributed by atoms with E-state index in [2.05, 4.69) is 26.6 Å². The van der Waals surface area contributed by atoms with Gasteiger partial charge in [-0.25, -0.2) is 8.42 Å². The van der Waals surface area contributed by atoms with Crippen LogP contribution in [0.2, 0.25) is 0 Å². The summed E-state index contributed by atoms with van der Waals surface area (Å²) in [5, 5.41) is 13.2. The van der Waals surface area contributed by atoms with Gasteiger partial charge in [0.15, 0.2) is 9.84 Å². The third-order valence-electron chi connectivity index (χ3n) is 4.85. The van der Waals surface area contributed by atoms with Crippen LogP contribution in [-0.2, 0) is 14.6 Å². The van der Waals surface area contributed by atoms with E-state index in [-0.39, 0.29) is 10.5 Å². The predicted molar refractivity (Wildman–Crippen MR) is 121 cm³/mol. The van der Waals surface area contributed by atoms with Gasteiger partial charge in [-0.3, -0.25) is 10.1 Å². The van der Waals surface area contributed by atoms with Gasteiger partial charge in [-0.2, -0.15) is 18.4 Å². The SMILES string of the molecule is CC(CS(=O)(=O)c1ccc(Br)cc1)NC(c1ccccc1)C(F)(F)F.N#CC1(NC=O)CC1. The normalized spacial score (nSPS) is 16.4. The number of rotatable bonds is 8. The highest BCUT2D eigenvalue weighted by molar-refractivity contribution is 9.10. The van der Waals surface area contributed by atoms with E-state index in [1.165, 1.54) is 43.3 Å². The maximum Gasteiger partial charge on any atom is 0.407 e. The Morgan fingerprint density at radius 1 is 1.15 bits per heavy atom. The fraction of sp³-hybridized carbons (Fsp3) is 0.364. The van der Waals surface area contributed by atoms with Gasteiger partial charge >= 0.3 is 6.18 Å². The first kappa shape index (κ1) is 26.8. The lowest BCUT2D eigenvalue weighted by Crippen LogP contribution is -2.42. The van der Waals surface area contributed by atoms with E-state index < -0.39 is 39.4 Å². The topological polar surface area (TPSA) is 99.1 Å². The Labute approximate surface area is 199 Å². The van der Waals surface area contributed by atoms with Gasteiger partial charge in [0, 0.05) is 10.5 Å². The van der Waals surface area contributed by atoms with E-state index in [4.69, 9.17) is 5.26 Å². The quantitative estimate of drug-likeness (QED) is 0.482. The molecule has 0 aliphatic heterocycles. The van der Waals surface area contributed by atoms with Crippen molar-refractivity contribution in [3.63, 3.8) is 0 Å². The molecule has 0 heterocycles. The Balaban J connectivity index is 0.000000405. The molecule has 6 nitrogen and oxygen atoms in total. The van der Waals surface area contributed by atoms with Gasteiger partial charge in [0.2, 0.25) is 6.41 Å². The fourth-order valence-corrected chi connectivity index (χ4v) is 4.71. The lowest BCUT2D eigenvalue weighted by atomic mass is 10.1. The van der Waals surface area contributed by atoms with Crippen molar-refractivity contribution in [1.82, 2.24) is 10.6 Å². The molecule has 1 amide bonds. The summed E-state index contributed by atoms with van der Waals surface area (Å²) in [7, 11) is -3.70. The van der Waals surface area contributed by atoms with E-state index in [1.54, 1.807) is 18.2 Å². The summed E-state index contributed by atoms with van der Waals surface area (Å²) in [6.07, 6.45) is -2.34. The molecule has 2 atom stereocenters. The first-order chi connectivity index (χ1) is 15.4. The van der Waals surface area contributed by atoms with Crippen LogP contribution in [0.5, 0.6) is 0 Å². The first-order valence-corrected chi connectivity index (χ1v) is 12.4. The van der Waals surface area contributed by atoms with Crippen LogP contribution in [0.15, 0.2) is 64.0 Å².